The molecule has 4 rings (SSSR count). The van der Waals surface area contributed by atoms with Gasteiger partial charge >= 0.3 is 5.97 Å². The van der Waals surface area contributed by atoms with E-state index in [4.69, 9.17) is 26.1 Å². The third-order valence-corrected chi connectivity index (χ3v) is 5.61. The number of halogens is 1. The highest BCUT2D eigenvalue weighted by Crippen LogP contribution is 2.39. The molecule has 0 amide bonds. The Morgan fingerprint density at radius 1 is 1.33 bits per heavy atom. The van der Waals surface area contributed by atoms with Crippen LogP contribution in [0.25, 0.3) is 0 Å². The monoisotopic (exact) mass is 427 g/mol. The third kappa shape index (κ3) is 4.60. The van der Waals surface area contributed by atoms with Crippen molar-refractivity contribution in [3.05, 3.63) is 53.1 Å². The van der Waals surface area contributed by atoms with Crippen molar-refractivity contribution in [3.8, 4) is 11.5 Å². The van der Waals surface area contributed by atoms with E-state index < -0.39 is 0 Å². The van der Waals surface area contributed by atoms with Crippen LogP contribution in [0, 0.1) is 0 Å². The third-order valence-electron chi connectivity index (χ3n) is 5.37. The lowest BCUT2D eigenvalue weighted by molar-refractivity contribution is -0.149. The van der Waals surface area contributed by atoms with Crippen LogP contribution in [0.1, 0.15) is 32.3 Å². The molecule has 0 saturated carbocycles. The standard InChI is InChI=1S/C23H26ClN3O3/c1-3-15(2)29-22(28)13-17-14-27(11-10-25-17)23-18-6-4-5-7-20(18)30-21-9-8-16(24)12-19(21)26-23/h4-9,12,15,17,25H,3,10-11,13-14H2,1-2H3/t15?,17-/m0/s1. The number of carbonyl (C=O) groups excluding carboxylic acids is 1. The number of hydrogen-bond donors (Lipinski definition) is 1. The van der Waals surface area contributed by atoms with Crippen LogP contribution >= 0.6 is 11.6 Å². The highest BCUT2D eigenvalue weighted by atomic mass is 35.5. The maximum atomic E-state index is 12.3. The van der Waals surface area contributed by atoms with Gasteiger partial charge in [0.15, 0.2) is 5.75 Å². The lowest BCUT2D eigenvalue weighted by Gasteiger charge is -2.35. The molecule has 2 aliphatic heterocycles. The van der Waals surface area contributed by atoms with E-state index in [9.17, 15) is 4.79 Å². The van der Waals surface area contributed by atoms with Gasteiger partial charge in [0, 0.05) is 30.7 Å². The van der Waals surface area contributed by atoms with Gasteiger partial charge in [-0.15, -0.1) is 0 Å². The Labute approximate surface area is 181 Å². The minimum absolute atomic E-state index is 0.00632. The van der Waals surface area contributed by atoms with Gasteiger partial charge in [-0.1, -0.05) is 30.7 Å². The van der Waals surface area contributed by atoms with Crippen LogP contribution in [0.3, 0.4) is 0 Å². The van der Waals surface area contributed by atoms with Crippen molar-refractivity contribution in [2.75, 3.05) is 19.6 Å². The van der Waals surface area contributed by atoms with Crippen molar-refractivity contribution in [3.63, 3.8) is 0 Å². The second-order valence-electron chi connectivity index (χ2n) is 7.66. The number of nitrogens with one attached hydrogen (secondary N) is 1. The van der Waals surface area contributed by atoms with Gasteiger partial charge in [0.1, 0.15) is 17.3 Å². The topological polar surface area (TPSA) is 63.2 Å². The first-order chi connectivity index (χ1) is 14.5. The fourth-order valence-corrected chi connectivity index (χ4v) is 3.82. The molecule has 2 aliphatic rings. The number of piperazine rings is 1. The Kier molecular flexibility index (Phi) is 6.25. The summed E-state index contributed by atoms with van der Waals surface area (Å²) in [7, 11) is 0. The highest BCUT2D eigenvalue weighted by Gasteiger charge is 2.28. The van der Waals surface area contributed by atoms with Crippen molar-refractivity contribution < 1.29 is 14.3 Å². The summed E-state index contributed by atoms with van der Waals surface area (Å²) in [5.74, 6) is 2.08. The number of fused-ring (bicyclic) bond motifs is 2. The van der Waals surface area contributed by atoms with Crippen molar-refractivity contribution in [2.24, 2.45) is 4.99 Å². The molecule has 2 aromatic rings. The molecule has 2 heterocycles. The van der Waals surface area contributed by atoms with Gasteiger partial charge in [0.25, 0.3) is 0 Å². The zero-order chi connectivity index (χ0) is 21.1. The van der Waals surface area contributed by atoms with Gasteiger partial charge in [-0.05, 0) is 43.7 Å². The fraction of sp³-hybridized carbons (Fsp3) is 0.391. The van der Waals surface area contributed by atoms with Gasteiger partial charge in [0.2, 0.25) is 0 Å². The molecular formula is C23H26ClN3O3. The summed E-state index contributed by atoms with van der Waals surface area (Å²) in [5.41, 5.74) is 1.62. The highest BCUT2D eigenvalue weighted by molar-refractivity contribution is 6.31. The molecule has 30 heavy (non-hydrogen) atoms. The van der Waals surface area contributed by atoms with Crippen LogP contribution in [0.2, 0.25) is 5.02 Å². The number of rotatable bonds is 4. The van der Waals surface area contributed by atoms with Crippen molar-refractivity contribution >= 4 is 29.1 Å². The number of carbonyl (C=O) groups is 1. The van der Waals surface area contributed by atoms with E-state index in [1.165, 1.54) is 0 Å². The minimum Gasteiger partial charge on any atom is -0.463 e. The summed E-state index contributed by atoms with van der Waals surface area (Å²) in [4.78, 5) is 19.4. The lowest BCUT2D eigenvalue weighted by atomic mass is 10.1. The van der Waals surface area contributed by atoms with Gasteiger partial charge in [-0.25, -0.2) is 4.99 Å². The second kappa shape index (κ2) is 9.06. The summed E-state index contributed by atoms with van der Waals surface area (Å²) in [6.45, 7) is 6.11. The smallest absolute Gasteiger partial charge is 0.307 e. The predicted molar refractivity (Wildman–Crippen MR) is 118 cm³/mol. The Hall–Kier alpha value is -2.57. The van der Waals surface area contributed by atoms with Crippen molar-refractivity contribution in [2.45, 2.75) is 38.8 Å². The number of aliphatic imine (C=N–C) groups is 1. The molecule has 1 N–H and O–H groups in total. The predicted octanol–water partition coefficient (Wildman–Crippen LogP) is 4.53. The molecule has 0 radical (unpaired) electrons. The van der Waals surface area contributed by atoms with Gasteiger partial charge in [-0.3, -0.25) is 4.79 Å². The van der Waals surface area contributed by atoms with Crippen molar-refractivity contribution in [1.82, 2.24) is 10.2 Å². The molecule has 0 spiro atoms. The molecule has 2 aromatic carbocycles. The van der Waals surface area contributed by atoms with Gasteiger partial charge < -0.3 is 19.7 Å². The number of para-hydroxylation sites is 1. The molecule has 7 heteroatoms. The summed E-state index contributed by atoms with van der Waals surface area (Å²) < 4.78 is 11.6. The van der Waals surface area contributed by atoms with E-state index in [1.807, 2.05) is 50.2 Å². The Balaban J connectivity index is 1.60. The maximum absolute atomic E-state index is 12.3. The molecule has 2 atom stereocenters. The molecule has 1 saturated heterocycles. The van der Waals surface area contributed by atoms with Gasteiger partial charge in [0.05, 0.1) is 18.1 Å². The zero-order valence-electron chi connectivity index (χ0n) is 17.2. The van der Waals surface area contributed by atoms with E-state index in [-0.39, 0.29) is 18.1 Å². The first-order valence-corrected chi connectivity index (χ1v) is 10.7. The summed E-state index contributed by atoms with van der Waals surface area (Å²) >= 11 is 6.21. The molecule has 0 aromatic heterocycles. The van der Waals surface area contributed by atoms with Crippen molar-refractivity contribution in [1.29, 1.82) is 0 Å². The van der Waals surface area contributed by atoms with Gasteiger partial charge in [-0.2, -0.15) is 0 Å². The molecular weight excluding hydrogens is 402 g/mol. The van der Waals surface area contributed by atoms with Crippen LogP contribution in [0.4, 0.5) is 5.69 Å². The minimum atomic E-state index is -0.174. The number of amidine groups is 1. The summed E-state index contributed by atoms with van der Waals surface area (Å²) in [6.07, 6.45) is 1.08. The van der Waals surface area contributed by atoms with E-state index >= 15 is 0 Å². The molecule has 0 bridgehead atoms. The molecule has 158 valence electrons. The van der Waals surface area contributed by atoms with Crippen LogP contribution in [-0.4, -0.2) is 48.5 Å². The lowest BCUT2D eigenvalue weighted by Crippen LogP contribution is -2.53. The largest absolute Gasteiger partial charge is 0.463 e. The quantitative estimate of drug-likeness (QED) is 0.726. The molecule has 0 aliphatic carbocycles. The number of benzene rings is 2. The van der Waals surface area contributed by atoms with Crippen LogP contribution < -0.4 is 10.1 Å². The van der Waals surface area contributed by atoms with E-state index in [0.29, 0.717) is 29.4 Å². The second-order valence-corrected chi connectivity index (χ2v) is 8.09. The zero-order valence-corrected chi connectivity index (χ0v) is 18.0. The first kappa shape index (κ1) is 20.7. The first-order valence-electron chi connectivity index (χ1n) is 10.4. The number of nitrogens with zero attached hydrogens (tertiary/aromatic N) is 2. The Morgan fingerprint density at radius 3 is 3.00 bits per heavy atom. The van der Waals surface area contributed by atoms with E-state index in [1.54, 1.807) is 6.07 Å². The average Bonchev–Trinajstić information content (AvgIpc) is 2.90. The maximum Gasteiger partial charge on any atom is 0.307 e. The van der Waals surface area contributed by atoms with E-state index in [0.717, 1.165) is 36.7 Å². The Morgan fingerprint density at radius 2 is 2.17 bits per heavy atom. The summed E-state index contributed by atoms with van der Waals surface area (Å²) in [5, 5.41) is 4.04. The van der Waals surface area contributed by atoms with Crippen LogP contribution in [0.15, 0.2) is 47.5 Å². The van der Waals surface area contributed by atoms with Crippen LogP contribution in [0.5, 0.6) is 11.5 Å². The normalized spacial score (nSPS) is 19.0. The number of hydrogen-bond acceptors (Lipinski definition) is 6. The van der Waals surface area contributed by atoms with Crippen LogP contribution in [-0.2, 0) is 9.53 Å². The molecule has 1 fully saturated rings. The Bertz CT molecular complexity index is 962. The fourth-order valence-electron chi connectivity index (χ4n) is 3.65. The average molecular weight is 428 g/mol. The number of esters is 1. The molecule has 1 unspecified atom stereocenters. The molecule has 6 nitrogen and oxygen atoms in total. The van der Waals surface area contributed by atoms with E-state index in [2.05, 4.69) is 10.2 Å². The SMILES string of the molecule is CCC(C)OC(=O)C[C@H]1CN(C2=Nc3cc(Cl)ccc3Oc3ccccc32)CCN1. The summed E-state index contributed by atoms with van der Waals surface area (Å²) in [6, 6.07) is 13.3. The number of ether oxygens (including phenoxy) is 2.